The molecule has 1 saturated carbocycles. The van der Waals surface area contributed by atoms with E-state index in [-0.39, 0.29) is 0 Å². The summed E-state index contributed by atoms with van der Waals surface area (Å²) in [6, 6.07) is 6.93. The van der Waals surface area contributed by atoms with Gasteiger partial charge in [0.25, 0.3) is 0 Å². The number of aryl methyl sites for hydroxylation is 1. The van der Waals surface area contributed by atoms with Crippen molar-refractivity contribution in [2.24, 2.45) is 0 Å². The molecule has 1 aromatic carbocycles. The molecule has 0 bridgehead atoms. The van der Waals surface area contributed by atoms with Crippen LogP contribution < -0.4 is 10.6 Å². The molecule has 1 aromatic heterocycles. The molecule has 1 heterocycles. The van der Waals surface area contributed by atoms with Crippen LogP contribution in [0.25, 0.3) is 10.8 Å². The van der Waals surface area contributed by atoms with Gasteiger partial charge < -0.3 is 10.6 Å². The van der Waals surface area contributed by atoms with Crippen molar-refractivity contribution in [3.63, 3.8) is 0 Å². The second-order valence-electron chi connectivity index (χ2n) is 4.89. The van der Waals surface area contributed by atoms with Gasteiger partial charge >= 0.3 is 0 Å². The Labute approximate surface area is 101 Å². The third kappa shape index (κ3) is 1.71. The Morgan fingerprint density at radius 2 is 2.06 bits per heavy atom. The molecule has 3 heteroatoms. The van der Waals surface area contributed by atoms with Gasteiger partial charge in [-0.25, -0.2) is 0 Å². The molecule has 0 spiro atoms. The van der Waals surface area contributed by atoms with Gasteiger partial charge in [0.2, 0.25) is 0 Å². The van der Waals surface area contributed by atoms with E-state index < -0.39 is 0 Å². The Bertz CT molecular complexity index is 573. The molecule has 1 aliphatic rings. The molecule has 1 fully saturated rings. The Balaban J connectivity index is 2.23. The number of hydrogen-bond acceptors (Lipinski definition) is 3. The lowest BCUT2D eigenvalue weighted by atomic mass is 10.1. The maximum Gasteiger partial charge on any atom is 0.0448 e. The molecule has 88 valence electrons. The van der Waals surface area contributed by atoms with E-state index in [1.54, 1.807) is 0 Å². The molecular formula is C14H17N3. The lowest BCUT2D eigenvalue weighted by Crippen LogP contribution is -2.19. The fourth-order valence-corrected chi connectivity index (χ4v) is 2.32. The van der Waals surface area contributed by atoms with Crippen molar-refractivity contribution in [2.45, 2.75) is 25.8 Å². The molecule has 0 radical (unpaired) electrons. The Morgan fingerprint density at radius 1 is 1.29 bits per heavy atom. The van der Waals surface area contributed by atoms with Gasteiger partial charge in [-0.05, 0) is 38.0 Å². The summed E-state index contributed by atoms with van der Waals surface area (Å²) in [4.78, 5) is 6.69. The van der Waals surface area contributed by atoms with Gasteiger partial charge in [0.15, 0.2) is 0 Å². The quantitative estimate of drug-likeness (QED) is 0.802. The minimum atomic E-state index is 0.704. The normalized spacial score (nSPS) is 15.2. The van der Waals surface area contributed by atoms with Crippen molar-refractivity contribution in [2.75, 3.05) is 17.7 Å². The smallest absolute Gasteiger partial charge is 0.0448 e. The van der Waals surface area contributed by atoms with Crippen LogP contribution in [-0.4, -0.2) is 18.1 Å². The number of pyridine rings is 1. The zero-order valence-corrected chi connectivity index (χ0v) is 10.3. The summed E-state index contributed by atoms with van der Waals surface area (Å²) in [5.41, 5.74) is 9.12. The molecule has 0 unspecified atom stereocenters. The summed E-state index contributed by atoms with van der Waals surface area (Å²) >= 11 is 0. The van der Waals surface area contributed by atoms with Gasteiger partial charge in [-0.2, -0.15) is 0 Å². The summed E-state index contributed by atoms with van der Waals surface area (Å²) < 4.78 is 0. The summed E-state index contributed by atoms with van der Waals surface area (Å²) in [5.74, 6) is 0. The van der Waals surface area contributed by atoms with Gasteiger partial charge in [-0.15, -0.1) is 0 Å². The number of hydrogen-bond donors (Lipinski definition) is 1. The molecule has 3 rings (SSSR count). The number of fused-ring (bicyclic) bond motifs is 1. The van der Waals surface area contributed by atoms with Crippen LogP contribution in [0, 0.1) is 6.92 Å². The fourth-order valence-electron chi connectivity index (χ4n) is 2.32. The average Bonchev–Trinajstić information content (AvgIpc) is 3.12. The summed E-state index contributed by atoms with van der Waals surface area (Å²) in [7, 11) is 2.17. The third-order valence-corrected chi connectivity index (χ3v) is 3.52. The van der Waals surface area contributed by atoms with Crippen LogP contribution in [0.1, 0.15) is 18.5 Å². The van der Waals surface area contributed by atoms with E-state index in [1.807, 2.05) is 19.2 Å². The van der Waals surface area contributed by atoms with Crippen molar-refractivity contribution in [1.82, 2.24) is 4.98 Å². The SMILES string of the molecule is Cc1cc2c(N(C)C3CC3)ccc(N)c2cn1. The zero-order valence-electron chi connectivity index (χ0n) is 10.3. The topological polar surface area (TPSA) is 42.1 Å². The first-order valence-electron chi connectivity index (χ1n) is 6.04. The van der Waals surface area contributed by atoms with Crippen molar-refractivity contribution in [3.8, 4) is 0 Å². The molecule has 0 amide bonds. The van der Waals surface area contributed by atoms with Gasteiger partial charge in [-0.1, -0.05) is 0 Å². The van der Waals surface area contributed by atoms with E-state index in [1.165, 1.54) is 23.9 Å². The summed E-state index contributed by atoms with van der Waals surface area (Å²) in [5, 5.41) is 2.27. The Kier molecular flexibility index (Phi) is 2.21. The highest BCUT2D eigenvalue weighted by Crippen LogP contribution is 2.36. The lowest BCUT2D eigenvalue weighted by Gasteiger charge is -2.21. The standard InChI is InChI=1S/C14H17N3/c1-9-7-11-12(8-16-9)13(15)5-6-14(11)17(2)10-3-4-10/h5-8,10H,3-4,15H2,1-2H3. The molecule has 17 heavy (non-hydrogen) atoms. The molecule has 2 N–H and O–H groups in total. The monoisotopic (exact) mass is 227 g/mol. The second-order valence-corrected chi connectivity index (χ2v) is 4.89. The first-order valence-corrected chi connectivity index (χ1v) is 6.04. The maximum absolute atomic E-state index is 6.01. The van der Waals surface area contributed by atoms with Crippen LogP contribution in [0.2, 0.25) is 0 Å². The van der Waals surface area contributed by atoms with E-state index in [0.717, 1.165) is 16.8 Å². The van der Waals surface area contributed by atoms with E-state index in [2.05, 4.69) is 29.1 Å². The minimum Gasteiger partial charge on any atom is -0.398 e. The van der Waals surface area contributed by atoms with Gasteiger partial charge in [-0.3, -0.25) is 4.98 Å². The van der Waals surface area contributed by atoms with Crippen molar-refractivity contribution in [3.05, 3.63) is 30.1 Å². The summed E-state index contributed by atoms with van der Waals surface area (Å²) in [6.07, 6.45) is 4.48. The van der Waals surface area contributed by atoms with Gasteiger partial charge in [0, 0.05) is 47.1 Å². The summed E-state index contributed by atoms with van der Waals surface area (Å²) in [6.45, 7) is 2.02. The Morgan fingerprint density at radius 3 is 2.76 bits per heavy atom. The molecule has 1 aliphatic carbocycles. The predicted octanol–water partition coefficient (Wildman–Crippen LogP) is 2.72. The highest BCUT2D eigenvalue weighted by molar-refractivity contribution is 6.01. The zero-order chi connectivity index (χ0) is 12.0. The van der Waals surface area contributed by atoms with E-state index in [4.69, 9.17) is 5.73 Å². The van der Waals surface area contributed by atoms with Crippen molar-refractivity contribution >= 4 is 22.1 Å². The molecular weight excluding hydrogens is 210 g/mol. The largest absolute Gasteiger partial charge is 0.398 e. The van der Waals surface area contributed by atoms with Crippen molar-refractivity contribution < 1.29 is 0 Å². The van der Waals surface area contributed by atoms with Crippen LogP contribution in [0.15, 0.2) is 24.4 Å². The number of rotatable bonds is 2. The highest BCUT2D eigenvalue weighted by atomic mass is 15.2. The van der Waals surface area contributed by atoms with Crippen LogP contribution in [0.3, 0.4) is 0 Å². The minimum absolute atomic E-state index is 0.704. The van der Waals surface area contributed by atoms with Crippen molar-refractivity contribution in [1.29, 1.82) is 0 Å². The number of nitrogen functional groups attached to an aromatic ring is 1. The predicted molar refractivity (Wildman–Crippen MR) is 72.3 cm³/mol. The molecule has 3 nitrogen and oxygen atoms in total. The molecule has 0 saturated heterocycles. The number of aromatic nitrogens is 1. The second kappa shape index (κ2) is 3.62. The molecule has 0 aliphatic heterocycles. The highest BCUT2D eigenvalue weighted by Gasteiger charge is 2.27. The number of nitrogens with zero attached hydrogens (tertiary/aromatic N) is 2. The number of benzene rings is 1. The van der Waals surface area contributed by atoms with E-state index in [9.17, 15) is 0 Å². The van der Waals surface area contributed by atoms with Crippen LogP contribution in [0.4, 0.5) is 11.4 Å². The fraction of sp³-hybridized carbons (Fsp3) is 0.357. The van der Waals surface area contributed by atoms with Crippen LogP contribution in [-0.2, 0) is 0 Å². The van der Waals surface area contributed by atoms with Gasteiger partial charge in [0.05, 0.1) is 0 Å². The molecule has 2 aromatic rings. The number of anilines is 2. The molecule has 0 atom stereocenters. The maximum atomic E-state index is 6.01. The first-order chi connectivity index (χ1) is 8.16. The average molecular weight is 227 g/mol. The third-order valence-electron chi connectivity index (χ3n) is 3.52. The lowest BCUT2D eigenvalue weighted by molar-refractivity contribution is 0.922. The van der Waals surface area contributed by atoms with Crippen LogP contribution >= 0.6 is 0 Å². The Hall–Kier alpha value is -1.77. The van der Waals surface area contributed by atoms with E-state index in [0.29, 0.717) is 6.04 Å². The van der Waals surface area contributed by atoms with E-state index >= 15 is 0 Å². The van der Waals surface area contributed by atoms with Crippen LogP contribution in [0.5, 0.6) is 0 Å². The van der Waals surface area contributed by atoms with Gasteiger partial charge in [0.1, 0.15) is 0 Å². The number of nitrogens with two attached hydrogens (primary N) is 1. The first kappa shape index (κ1) is 10.4.